The molecule has 0 saturated heterocycles. The van der Waals surface area contributed by atoms with Crippen LogP contribution in [0.5, 0.6) is 0 Å². The lowest BCUT2D eigenvalue weighted by atomic mass is 10.1. The molecule has 0 spiro atoms. The summed E-state index contributed by atoms with van der Waals surface area (Å²) in [6.07, 6.45) is 2.81. The smallest absolute Gasteiger partial charge is 0.275 e. The number of nitrogens with zero attached hydrogens (tertiary/aromatic N) is 2. The molecule has 2 aromatic carbocycles. The van der Waals surface area contributed by atoms with Crippen molar-refractivity contribution in [2.45, 2.75) is 13.8 Å². The Kier molecular flexibility index (Phi) is 5.94. The molecule has 0 bridgehead atoms. The van der Waals surface area contributed by atoms with E-state index in [1.165, 1.54) is 26.2 Å². The number of rotatable bonds is 6. The maximum absolute atomic E-state index is 12.3. The number of carbonyl (C=O) groups excluding carboxylic acids is 3. The molecule has 29 heavy (non-hydrogen) atoms. The molecule has 0 unspecified atom stereocenters. The van der Waals surface area contributed by atoms with Crippen molar-refractivity contribution >= 4 is 40.5 Å². The van der Waals surface area contributed by atoms with Crippen molar-refractivity contribution in [3.63, 3.8) is 0 Å². The summed E-state index contributed by atoms with van der Waals surface area (Å²) in [7, 11) is 0. The molecule has 0 fully saturated rings. The van der Waals surface area contributed by atoms with Crippen LogP contribution in [0.3, 0.4) is 0 Å². The van der Waals surface area contributed by atoms with Gasteiger partial charge in [0, 0.05) is 29.5 Å². The summed E-state index contributed by atoms with van der Waals surface area (Å²) in [6, 6.07) is 13.8. The number of Topliss-reactive ketones (excluding diaryl/α,β-unsaturated/α-hetero) is 1. The lowest BCUT2D eigenvalue weighted by Gasteiger charge is -2.08. The number of anilines is 4. The molecule has 1 aromatic heterocycles. The fraction of sp³-hybridized carbons (Fsp3) is 0.0952. The molecule has 0 aliphatic carbocycles. The van der Waals surface area contributed by atoms with Crippen LogP contribution in [0.2, 0.25) is 0 Å². The van der Waals surface area contributed by atoms with Crippen LogP contribution in [-0.4, -0.2) is 27.6 Å². The number of amides is 2. The van der Waals surface area contributed by atoms with Crippen molar-refractivity contribution < 1.29 is 14.4 Å². The van der Waals surface area contributed by atoms with Crippen LogP contribution >= 0.6 is 0 Å². The Bertz CT molecular complexity index is 1050. The zero-order valence-electron chi connectivity index (χ0n) is 15.9. The largest absolute Gasteiger partial charge is 0.339 e. The van der Waals surface area contributed by atoms with Crippen LogP contribution in [0, 0.1) is 0 Å². The van der Waals surface area contributed by atoms with E-state index in [1.807, 2.05) is 0 Å². The van der Waals surface area contributed by atoms with Gasteiger partial charge in [-0.3, -0.25) is 14.4 Å². The molecule has 8 heteroatoms. The fourth-order valence-electron chi connectivity index (χ4n) is 2.51. The average molecular weight is 389 g/mol. The van der Waals surface area contributed by atoms with Crippen LogP contribution in [0.25, 0.3) is 0 Å². The molecular formula is C21H19N5O3. The van der Waals surface area contributed by atoms with Gasteiger partial charge in [0.25, 0.3) is 5.91 Å². The Morgan fingerprint density at radius 2 is 1.52 bits per heavy atom. The second-order valence-electron chi connectivity index (χ2n) is 6.26. The molecular weight excluding hydrogens is 370 g/mol. The fourth-order valence-corrected chi connectivity index (χ4v) is 2.51. The van der Waals surface area contributed by atoms with Gasteiger partial charge in [-0.05, 0) is 43.3 Å². The van der Waals surface area contributed by atoms with E-state index in [0.29, 0.717) is 22.8 Å². The first kappa shape index (κ1) is 19.7. The topological polar surface area (TPSA) is 113 Å². The maximum Gasteiger partial charge on any atom is 0.275 e. The molecule has 8 nitrogen and oxygen atoms in total. The van der Waals surface area contributed by atoms with Gasteiger partial charge in [0.2, 0.25) is 5.91 Å². The van der Waals surface area contributed by atoms with Gasteiger partial charge >= 0.3 is 0 Å². The van der Waals surface area contributed by atoms with Crippen molar-refractivity contribution in [1.29, 1.82) is 0 Å². The molecule has 3 aromatic rings. The minimum atomic E-state index is -0.426. The number of benzene rings is 2. The first-order valence-electron chi connectivity index (χ1n) is 8.80. The number of aromatic nitrogens is 2. The van der Waals surface area contributed by atoms with Gasteiger partial charge in [-0.1, -0.05) is 12.1 Å². The quantitative estimate of drug-likeness (QED) is 0.555. The van der Waals surface area contributed by atoms with E-state index >= 15 is 0 Å². The summed E-state index contributed by atoms with van der Waals surface area (Å²) in [6.45, 7) is 2.91. The van der Waals surface area contributed by atoms with E-state index in [2.05, 4.69) is 25.9 Å². The Balaban J connectivity index is 1.63. The summed E-state index contributed by atoms with van der Waals surface area (Å²) >= 11 is 0. The third-order valence-corrected chi connectivity index (χ3v) is 3.89. The highest BCUT2D eigenvalue weighted by atomic mass is 16.2. The summed E-state index contributed by atoms with van der Waals surface area (Å²) in [4.78, 5) is 43.1. The molecule has 2 amide bonds. The van der Waals surface area contributed by atoms with Crippen molar-refractivity contribution in [2.75, 3.05) is 16.0 Å². The number of carbonyl (C=O) groups is 3. The molecule has 0 aliphatic heterocycles. The van der Waals surface area contributed by atoms with Gasteiger partial charge in [-0.25, -0.2) is 9.97 Å². The molecule has 1 heterocycles. The normalized spacial score (nSPS) is 10.1. The zero-order valence-corrected chi connectivity index (χ0v) is 15.9. The Labute approximate surface area is 167 Å². The van der Waals surface area contributed by atoms with Crippen LogP contribution in [0.1, 0.15) is 34.7 Å². The summed E-state index contributed by atoms with van der Waals surface area (Å²) in [5.74, 6) is -0.184. The predicted octanol–water partition coefficient (Wildman–Crippen LogP) is 3.63. The summed E-state index contributed by atoms with van der Waals surface area (Å²) < 4.78 is 0. The first-order chi connectivity index (χ1) is 13.9. The minimum Gasteiger partial charge on any atom is -0.339 e. The van der Waals surface area contributed by atoms with E-state index in [-0.39, 0.29) is 17.4 Å². The van der Waals surface area contributed by atoms with Crippen LogP contribution in [0.4, 0.5) is 22.9 Å². The SMILES string of the molecule is CC(=O)Nc1ccc(Nc2cnc(C(=O)Nc3cccc(C(C)=O)c3)cn2)cc1. The highest BCUT2D eigenvalue weighted by Gasteiger charge is 2.10. The van der Waals surface area contributed by atoms with Crippen LogP contribution in [0.15, 0.2) is 60.9 Å². The van der Waals surface area contributed by atoms with E-state index in [4.69, 9.17) is 0 Å². The summed E-state index contributed by atoms with van der Waals surface area (Å²) in [5.41, 5.74) is 2.61. The first-order valence-corrected chi connectivity index (χ1v) is 8.80. The van der Waals surface area contributed by atoms with E-state index in [9.17, 15) is 14.4 Å². The van der Waals surface area contributed by atoms with E-state index in [0.717, 1.165) is 5.69 Å². The van der Waals surface area contributed by atoms with Crippen molar-refractivity contribution in [1.82, 2.24) is 9.97 Å². The highest BCUT2D eigenvalue weighted by molar-refractivity contribution is 6.03. The second-order valence-corrected chi connectivity index (χ2v) is 6.26. The Morgan fingerprint density at radius 1 is 0.793 bits per heavy atom. The van der Waals surface area contributed by atoms with Crippen molar-refractivity contribution in [3.8, 4) is 0 Å². The van der Waals surface area contributed by atoms with E-state index < -0.39 is 5.91 Å². The van der Waals surface area contributed by atoms with Gasteiger partial charge in [0.15, 0.2) is 5.78 Å². The predicted molar refractivity (Wildman–Crippen MR) is 110 cm³/mol. The molecule has 0 saturated carbocycles. The monoisotopic (exact) mass is 389 g/mol. The van der Waals surface area contributed by atoms with Crippen LogP contribution in [-0.2, 0) is 4.79 Å². The van der Waals surface area contributed by atoms with Crippen molar-refractivity contribution in [3.05, 3.63) is 72.2 Å². The molecule has 0 aliphatic rings. The molecule has 0 atom stereocenters. The number of hydrogen-bond acceptors (Lipinski definition) is 6. The average Bonchev–Trinajstić information content (AvgIpc) is 2.70. The van der Waals surface area contributed by atoms with Gasteiger partial charge < -0.3 is 16.0 Å². The molecule has 0 radical (unpaired) electrons. The van der Waals surface area contributed by atoms with Crippen LogP contribution < -0.4 is 16.0 Å². The van der Waals surface area contributed by atoms with E-state index in [1.54, 1.807) is 48.5 Å². The van der Waals surface area contributed by atoms with Gasteiger partial charge in [-0.2, -0.15) is 0 Å². The number of ketones is 1. The Hall–Kier alpha value is -4.07. The van der Waals surface area contributed by atoms with Crippen molar-refractivity contribution in [2.24, 2.45) is 0 Å². The maximum atomic E-state index is 12.3. The Morgan fingerprint density at radius 3 is 2.14 bits per heavy atom. The van der Waals surface area contributed by atoms with Gasteiger partial charge in [0.05, 0.1) is 12.4 Å². The number of hydrogen-bond donors (Lipinski definition) is 3. The van der Waals surface area contributed by atoms with Gasteiger partial charge in [-0.15, -0.1) is 0 Å². The summed E-state index contributed by atoms with van der Waals surface area (Å²) in [5, 5.41) is 8.45. The number of nitrogens with one attached hydrogen (secondary N) is 3. The third-order valence-electron chi connectivity index (χ3n) is 3.89. The highest BCUT2D eigenvalue weighted by Crippen LogP contribution is 2.17. The molecule has 3 rings (SSSR count). The third kappa shape index (κ3) is 5.46. The minimum absolute atomic E-state index is 0.0820. The molecule has 146 valence electrons. The zero-order chi connectivity index (χ0) is 20.8. The standard InChI is InChI=1S/C21H19N5O3/c1-13(27)15-4-3-5-18(10-15)26-21(29)19-11-23-20(12-22-19)25-17-8-6-16(7-9-17)24-14(2)28/h3-12H,1-2H3,(H,23,25)(H,24,28)(H,26,29). The lowest BCUT2D eigenvalue weighted by molar-refractivity contribution is -0.114. The van der Waals surface area contributed by atoms with Gasteiger partial charge in [0.1, 0.15) is 11.5 Å². The lowest BCUT2D eigenvalue weighted by Crippen LogP contribution is -2.14. The second kappa shape index (κ2) is 8.75. The molecule has 3 N–H and O–H groups in total.